The number of nitrogens with two attached hydrogens (primary N) is 1. The van der Waals surface area contributed by atoms with Gasteiger partial charge in [-0.3, -0.25) is 4.79 Å². The van der Waals surface area contributed by atoms with E-state index >= 15 is 0 Å². The van der Waals surface area contributed by atoms with Crippen LogP contribution in [0.4, 0.5) is 4.39 Å². The van der Waals surface area contributed by atoms with Gasteiger partial charge in [-0.1, -0.05) is 15.9 Å². The lowest BCUT2D eigenvalue weighted by Gasteiger charge is -2.21. The summed E-state index contributed by atoms with van der Waals surface area (Å²) in [5, 5.41) is 7.45. The number of rotatable bonds is 2. The van der Waals surface area contributed by atoms with Gasteiger partial charge in [-0.25, -0.2) is 17.9 Å². The van der Waals surface area contributed by atoms with Gasteiger partial charge in [0.15, 0.2) is 5.82 Å². The van der Waals surface area contributed by atoms with Crippen molar-refractivity contribution in [2.45, 2.75) is 31.2 Å². The minimum Gasteiger partial charge on any atom is -0.347 e. The summed E-state index contributed by atoms with van der Waals surface area (Å²) < 4.78 is 36.8. The van der Waals surface area contributed by atoms with Gasteiger partial charge >= 0.3 is 0 Å². The zero-order valence-electron chi connectivity index (χ0n) is 10.6. The Morgan fingerprint density at radius 1 is 1.37 bits per heavy atom. The molecule has 0 spiro atoms. The van der Waals surface area contributed by atoms with Crippen molar-refractivity contribution in [1.29, 1.82) is 0 Å². The van der Waals surface area contributed by atoms with E-state index in [4.69, 9.17) is 5.14 Å². The first-order chi connectivity index (χ1) is 8.42. The first-order valence-electron chi connectivity index (χ1n) is 5.26. The summed E-state index contributed by atoms with van der Waals surface area (Å²) in [6.07, 6.45) is 0. The fourth-order valence-electron chi connectivity index (χ4n) is 1.34. The number of nitrogens with one attached hydrogen (secondary N) is 1. The zero-order valence-corrected chi connectivity index (χ0v) is 13.0. The molecule has 106 valence electrons. The van der Waals surface area contributed by atoms with Gasteiger partial charge in [0.2, 0.25) is 10.0 Å². The number of carbonyl (C=O) groups excluding carboxylic acids is 1. The van der Waals surface area contributed by atoms with Crippen molar-refractivity contribution in [2.75, 3.05) is 0 Å². The van der Waals surface area contributed by atoms with Crippen molar-refractivity contribution in [3.05, 3.63) is 28.0 Å². The minimum atomic E-state index is -4.24. The van der Waals surface area contributed by atoms with Gasteiger partial charge in [0.25, 0.3) is 5.91 Å². The van der Waals surface area contributed by atoms with Crippen LogP contribution in [0.3, 0.4) is 0 Å². The summed E-state index contributed by atoms with van der Waals surface area (Å²) in [5.41, 5.74) is -0.957. The van der Waals surface area contributed by atoms with Gasteiger partial charge in [0.05, 0.1) is 5.56 Å². The summed E-state index contributed by atoms with van der Waals surface area (Å²) >= 11 is 3.02. The maximum absolute atomic E-state index is 14.0. The maximum atomic E-state index is 14.0. The molecule has 0 aromatic heterocycles. The molecule has 5 nitrogen and oxygen atoms in total. The minimum absolute atomic E-state index is 0.247. The first kappa shape index (κ1) is 16.1. The summed E-state index contributed by atoms with van der Waals surface area (Å²) in [6.45, 7) is 5.17. The monoisotopic (exact) mass is 352 g/mol. The van der Waals surface area contributed by atoms with Gasteiger partial charge in [-0.15, -0.1) is 0 Å². The highest BCUT2D eigenvalue weighted by Crippen LogP contribution is 2.23. The zero-order chi connectivity index (χ0) is 15.0. The molecule has 0 aliphatic rings. The lowest BCUT2D eigenvalue weighted by molar-refractivity contribution is 0.0915. The Balaban J connectivity index is 3.38. The molecule has 0 saturated carbocycles. The second-order valence-corrected chi connectivity index (χ2v) is 7.46. The molecule has 0 radical (unpaired) electrons. The molecule has 1 rings (SSSR count). The van der Waals surface area contributed by atoms with Crippen LogP contribution >= 0.6 is 15.9 Å². The van der Waals surface area contributed by atoms with Crippen LogP contribution in [0.25, 0.3) is 0 Å². The number of benzene rings is 1. The van der Waals surface area contributed by atoms with Crippen LogP contribution in [0, 0.1) is 5.82 Å². The molecule has 1 amide bonds. The third-order valence-corrected chi connectivity index (χ3v) is 3.41. The molecular weight excluding hydrogens is 339 g/mol. The van der Waals surface area contributed by atoms with Gasteiger partial charge in [0, 0.05) is 10.0 Å². The Kier molecular flexibility index (Phi) is 4.38. The molecule has 1 aromatic carbocycles. The summed E-state index contributed by atoms with van der Waals surface area (Å²) in [7, 11) is -4.24. The fourth-order valence-corrected chi connectivity index (χ4v) is 2.60. The van der Waals surface area contributed by atoms with Crippen molar-refractivity contribution in [3.63, 3.8) is 0 Å². The van der Waals surface area contributed by atoms with E-state index in [1.54, 1.807) is 20.8 Å². The van der Waals surface area contributed by atoms with Crippen LogP contribution in [0.5, 0.6) is 0 Å². The van der Waals surface area contributed by atoms with E-state index in [2.05, 4.69) is 21.2 Å². The van der Waals surface area contributed by atoms with E-state index in [1.807, 2.05) is 0 Å². The molecule has 0 saturated heterocycles. The Morgan fingerprint density at radius 2 is 1.89 bits per heavy atom. The van der Waals surface area contributed by atoms with Crippen LogP contribution in [0.15, 0.2) is 21.5 Å². The van der Waals surface area contributed by atoms with Gasteiger partial charge in [-0.05, 0) is 32.9 Å². The highest BCUT2D eigenvalue weighted by molar-refractivity contribution is 9.10. The third kappa shape index (κ3) is 4.26. The topological polar surface area (TPSA) is 89.3 Å². The molecule has 19 heavy (non-hydrogen) atoms. The summed E-state index contributed by atoms with van der Waals surface area (Å²) in [4.78, 5) is 11.2. The van der Waals surface area contributed by atoms with E-state index in [-0.39, 0.29) is 10.0 Å². The van der Waals surface area contributed by atoms with Crippen LogP contribution < -0.4 is 10.5 Å². The fraction of sp³-hybridized carbons (Fsp3) is 0.364. The van der Waals surface area contributed by atoms with Crippen molar-refractivity contribution in [1.82, 2.24) is 5.32 Å². The van der Waals surface area contributed by atoms with Gasteiger partial charge in [-0.2, -0.15) is 0 Å². The van der Waals surface area contributed by atoms with Crippen LogP contribution in [0.1, 0.15) is 31.1 Å². The highest BCUT2D eigenvalue weighted by atomic mass is 79.9. The number of carbonyl (C=O) groups is 1. The highest BCUT2D eigenvalue weighted by Gasteiger charge is 2.24. The normalized spacial score (nSPS) is 12.3. The van der Waals surface area contributed by atoms with Crippen LogP contribution in [-0.2, 0) is 10.0 Å². The predicted octanol–water partition coefficient (Wildman–Crippen LogP) is 1.76. The molecule has 0 aliphatic heterocycles. The lowest BCUT2D eigenvalue weighted by Crippen LogP contribution is -2.41. The average molecular weight is 353 g/mol. The van der Waals surface area contributed by atoms with E-state index in [0.29, 0.717) is 0 Å². The van der Waals surface area contributed by atoms with E-state index < -0.39 is 32.2 Å². The Labute approximate surface area is 119 Å². The third-order valence-electron chi connectivity index (χ3n) is 2.04. The number of hydrogen-bond donors (Lipinski definition) is 2. The van der Waals surface area contributed by atoms with E-state index in [0.717, 1.165) is 6.07 Å². The SMILES string of the molecule is CC(C)(C)NC(=O)c1cc(Br)cc(S(N)(=O)=O)c1F. The quantitative estimate of drug-likeness (QED) is 0.849. The van der Waals surface area contributed by atoms with Crippen molar-refractivity contribution >= 4 is 31.9 Å². The summed E-state index contributed by atoms with van der Waals surface area (Å²) in [6, 6.07) is 2.21. The molecule has 0 fully saturated rings. The molecule has 0 atom stereocenters. The Morgan fingerprint density at radius 3 is 2.32 bits per heavy atom. The smallest absolute Gasteiger partial charge is 0.254 e. The number of sulfonamides is 1. The molecule has 0 bridgehead atoms. The lowest BCUT2D eigenvalue weighted by atomic mass is 10.1. The summed E-state index contributed by atoms with van der Waals surface area (Å²) in [5.74, 6) is -1.87. The van der Waals surface area contributed by atoms with Gasteiger partial charge < -0.3 is 5.32 Å². The molecule has 0 aliphatic carbocycles. The van der Waals surface area contributed by atoms with Crippen molar-refractivity contribution < 1.29 is 17.6 Å². The Hall–Kier alpha value is -0.990. The number of hydrogen-bond acceptors (Lipinski definition) is 3. The molecule has 1 aromatic rings. The largest absolute Gasteiger partial charge is 0.347 e. The van der Waals surface area contributed by atoms with Crippen LogP contribution in [-0.4, -0.2) is 19.9 Å². The predicted molar refractivity (Wildman–Crippen MR) is 72.7 cm³/mol. The first-order valence-corrected chi connectivity index (χ1v) is 7.60. The van der Waals surface area contributed by atoms with Crippen molar-refractivity contribution in [3.8, 4) is 0 Å². The maximum Gasteiger partial charge on any atom is 0.254 e. The van der Waals surface area contributed by atoms with Crippen molar-refractivity contribution in [2.24, 2.45) is 5.14 Å². The van der Waals surface area contributed by atoms with E-state index in [1.165, 1.54) is 6.07 Å². The van der Waals surface area contributed by atoms with Crippen LogP contribution in [0.2, 0.25) is 0 Å². The number of halogens is 2. The molecule has 0 unspecified atom stereocenters. The number of primary sulfonamides is 1. The molecule has 0 heterocycles. The van der Waals surface area contributed by atoms with E-state index in [9.17, 15) is 17.6 Å². The standard InChI is InChI=1S/C11H14BrFN2O3S/c1-11(2,3)15-10(16)7-4-6(12)5-8(9(7)13)19(14,17)18/h4-5H,1-3H3,(H,15,16)(H2,14,17,18). The molecule has 3 N–H and O–H groups in total. The second kappa shape index (κ2) is 5.18. The molecule has 8 heteroatoms. The second-order valence-electron chi connectivity index (χ2n) is 5.01. The number of amides is 1. The Bertz CT molecular complexity index is 624. The molecular formula is C11H14BrFN2O3S. The van der Waals surface area contributed by atoms with Gasteiger partial charge in [0.1, 0.15) is 4.90 Å². The average Bonchev–Trinajstić information content (AvgIpc) is 2.16.